The van der Waals surface area contributed by atoms with Gasteiger partial charge in [0.25, 0.3) is 0 Å². The van der Waals surface area contributed by atoms with E-state index in [9.17, 15) is 4.79 Å². The Labute approximate surface area is 134 Å². The van der Waals surface area contributed by atoms with Gasteiger partial charge in [-0.05, 0) is 56.9 Å². The first kappa shape index (κ1) is 16.3. The standard InChI is InChI=1S/C18H32N2O2/c21-18(22)9-8-15-10-16(19-11-14-4-1-2-5-14)13-20(12-15)17-6-3-7-17/h14-17,19H,1-13H2,(H,21,22). The van der Waals surface area contributed by atoms with E-state index < -0.39 is 5.97 Å². The zero-order valence-electron chi connectivity index (χ0n) is 13.8. The Hall–Kier alpha value is -0.610. The third-order valence-electron chi connectivity index (χ3n) is 6.09. The minimum Gasteiger partial charge on any atom is -0.481 e. The number of nitrogens with one attached hydrogen (secondary N) is 1. The molecule has 1 heterocycles. The lowest BCUT2D eigenvalue weighted by molar-refractivity contribution is -0.137. The van der Waals surface area contributed by atoms with Crippen LogP contribution >= 0.6 is 0 Å². The Morgan fingerprint density at radius 2 is 1.82 bits per heavy atom. The van der Waals surface area contributed by atoms with Crippen molar-refractivity contribution in [2.45, 2.75) is 76.3 Å². The van der Waals surface area contributed by atoms with Crippen LogP contribution in [-0.2, 0) is 4.79 Å². The predicted octanol–water partition coefficient (Wildman–Crippen LogP) is 2.87. The number of hydrogen-bond acceptors (Lipinski definition) is 3. The summed E-state index contributed by atoms with van der Waals surface area (Å²) < 4.78 is 0. The first-order chi connectivity index (χ1) is 10.7. The molecular weight excluding hydrogens is 276 g/mol. The van der Waals surface area contributed by atoms with Gasteiger partial charge in [0, 0.05) is 31.6 Å². The van der Waals surface area contributed by atoms with E-state index >= 15 is 0 Å². The number of carbonyl (C=O) groups is 1. The highest BCUT2D eigenvalue weighted by Crippen LogP contribution is 2.31. The highest BCUT2D eigenvalue weighted by Gasteiger charge is 2.33. The Kier molecular flexibility index (Phi) is 5.75. The van der Waals surface area contributed by atoms with Crippen LogP contribution in [0.25, 0.3) is 0 Å². The quantitative estimate of drug-likeness (QED) is 0.759. The molecule has 0 spiro atoms. The molecule has 0 aromatic carbocycles. The minimum absolute atomic E-state index is 0.332. The first-order valence-corrected chi connectivity index (χ1v) is 9.40. The SMILES string of the molecule is O=C(O)CCC1CC(NCC2CCCC2)CN(C2CCC2)C1. The molecule has 3 aliphatic rings. The molecule has 1 aliphatic heterocycles. The van der Waals surface area contributed by atoms with Crippen molar-refractivity contribution in [3.63, 3.8) is 0 Å². The highest BCUT2D eigenvalue weighted by molar-refractivity contribution is 5.66. The summed E-state index contributed by atoms with van der Waals surface area (Å²) in [7, 11) is 0. The highest BCUT2D eigenvalue weighted by atomic mass is 16.4. The predicted molar refractivity (Wildman–Crippen MR) is 87.9 cm³/mol. The average molecular weight is 308 g/mol. The third-order valence-corrected chi connectivity index (χ3v) is 6.09. The second-order valence-corrected chi connectivity index (χ2v) is 7.83. The van der Waals surface area contributed by atoms with Crippen LogP contribution in [0, 0.1) is 11.8 Å². The molecule has 22 heavy (non-hydrogen) atoms. The fourth-order valence-corrected chi connectivity index (χ4v) is 4.52. The average Bonchev–Trinajstić information content (AvgIpc) is 2.94. The number of carboxylic acids is 1. The molecule has 0 radical (unpaired) electrons. The van der Waals surface area contributed by atoms with E-state index in [0.29, 0.717) is 18.4 Å². The zero-order valence-corrected chi connectivity index (χ0v) is 13.8. The molecule has 4 heteroatoms. The van der Waals surface area contributed by atoms with Gasteiger partial charge >= 0.3 is 5.97 Å². The molecule has 4 nitrogen and oxygen atoms in total. The largest absolute Gasteiger partial charge is 0.481 e. The van der Waals surface area contributed by atoms with Crippen LogP contribution in [0.3, 0.4) is 0 Å². The lowest BCUT2D eigenvalue weighted by atomic mass is 9.84. The minimum atomic E-state index is -0.642. The molecule has 3 fully saturated rings. The molecule has 2 atom stereocenters. The van der Waals surface area contributed by atoms with Gasteiger partial charge in [0.1, 0.15) is 0 Å². The van der Waals surface area contributed by atoms with Crippen LogP contribution in [0.1, 0.15) is 64.2 Å². The van der Waals surface area contributed by atoms with Gasteiger partial charge in [0.05, 0.1) is 0 Å². The second-order valence-electron chi connectivity index (χ2n) is 7.83. The third kappa shape index (κ3) is 4.45. The molecular formula is C18H32N2O2. The number of rotatable bonds is 7. The molecule has 126 valence electrons. The van der Waals surface area contributed by atoms with Crippen LogP contribution < -0.4 is 5.32 Å². The van der Waals surface area contributed by atoms with Crippen LogP contribution in [0.15, 0.2) is 0 Å². The van der Waals surface area contributed by atoms with Gasteiger partial charge < -0.3 is 10.4 Å². The van der Waals surface area contributed by atoms with Gasteiger partial charge in [-0.15, -0.1) is 0 Å². The second kappa shape index (κ2) is 7.78. The maximum absolute atomic E-state index is 10.9. The van der Waals surface area contributed by atoms with Crippen LogP contribution in [0.2, 0.25) is 0 Å². The van der Waals surface area contributed by atoms with Crippen LogP contribution in [-0.4, -0.2) is 47.7 Å². The van der Waals surface area contributed by atoms with Crippen molar-refractivity contribution >= 4 is 5.97 Å². The molecule has 2 N–H and O–H groups in total. The van der Waals surface area contributed by atoms with Crippen molar-refractivity contribution in [2.24, 2.45) is 11.8 Å². The first-order valence-electron chi connectivity index (χ1n) is 9.40. The molecule has 1 saturated heterocycles. The maximum Gasteiger partial charge on any atom is 0.303 e. The monoisotopic (exact) mass is 308 g/mol. The summed E-state index contributed by atoms with van der Waals surface area (Å²) in [5.41, 5.74) is 0. The van der Waals surface area contributed by atoms with E-state index in [-0.39, 0.29) is 0 Å². The van der Waals surface area contributed by atoms with E-state index in [4.69, 9.17) is 5.11 Å². The molecule has 0 aromatic heterocycles. The molecule has 0 amide bonds. The van der Waals surface area contributed by atoms with Gasteiger partial charge in [0.15, 0.2) is 0 Å². The number of likely N-dealkylation sites (tertiary alicyclic amines) is 1. The van der Waals surface area contributed by atoms with Gasteiger partial charge in [-0.3, -0.25) is 9.69 Å². The van der Waals surface area contributed by atoms with E-state index in [1.807, 2.05) is 0 Å². The molecule has 3 rings (SSSR count). The Balaban J connectivity index is 1.49. The normalized spacial score (nSPS) is 31.3. The van der Waals surface area contributed by atoms with Crippen molar-refractivity contribution < 1.29 is 9.90 Å². The number of aliphatic carboxylic acids is 1. The summed E-state index contributed by atoms with van der Waals surface area (Å²) >= 11 is 0. The van der Waals surface area contributed by atoms with Crippen LogP contribution in [0.4, 0.5) is 0 Å². The topological polar surface area (TPSA) is 52.6 Å². The van der Waals surface area contributed by atoms with Crippen molar-refractivity contribution in [1.82, 2.24) is 10.2 Å². The zero-order chi connectivity index (χ0) is 15.4. The van der Waals surface area contributed by atoms with Gasteiger partial charge in [-0.25, -0.2) is 0 Å². The van der Waals surface area contributed by atoms with Crippen molar-refractivity contribution in [3.8, 4) is 0 Å². The van der Waals surface area contributed by atoms with E-state index in [1.165, 1.54) is 64.5 Å². The molecule has 0 aromatic rings. The van der Waals surface area contributed by atoms with Crippen LogP contribution in [0.5, 0.6) is 0 Å². The van der Waals surface area contributed by atoms with Gasteiger partial charge in [0.2, 0.25) is 0 Å². The Bertz CT molecular complexity index is 364. The summed E-state index contributed by atoms with van der Waals surface area (Å²) in [5.74, 6) is 0.805. The Morgan fingerprint density at radius 1 is 1.05 bits per heavy atom. The Morgan fingerprint density at radius 3 is 2.45 bits per heavy atom. The van der Waals surface area contributed by atoms with E-state index in [1.54, 1.807) is 0 Å². The number of nitrogens with zero attached hydrogens (tertiary/aromatic N) is 1. The van der Waals surface area contributed by atoms with E-state index in [0.717, 1.165) is 24.9 Å². The maximum atomic E-state index is 10.9. The number of hydrogen-bond donors (Lipinski definition) is 2. The van der Waals surface area contributed by atoms with E-state index in [2.05, 4.69) is 10.2 Å². The van der Waals surface area contributed by atoms with Gasteiger partial charge in [-0.2, -0.15) is 0 Å². The number of piperidine rings is 1. The molecule has 0 bridgehead atoms. The van der Waals surface area contributed by atoms with Crippen molar-refractivity contribution in [1.29, 1.82) is 0 Å². The van der Waals surface area contributed by atoms with Gasteiger partial charge in [-0.1, -0.05) is 19.3 Å². The molecule has 2 aliphatic carbocycles. The summed E-state index contributed by atoms with van der Waals surface area (Å²) in [4.78, 5) is 13.5. The van der Waals surface area contributed by atoms with Crippen molar-refractivity contribution in [3.05, 3.63) is 0 Å². The summed E-state index contributed by atoms with van der Waals surface area (Å²) in [6, 6.07) is 1.36. The fraction of sp³-hybridized carbons (Fsp3) is 0.944. The van der Waals surface area contributed by atoms with Crippen molar-refractivity contribution in [2.75, 3.05) is 19.6 Å². The summed E-state index contributed by atoms with van der Waals surface area (Å²) in [6.07, 6.45) is 12.0. The molecule has 2 saturated carbocycles. The summed E-state index contributed by atoms with van der Waals surface area (Å²) in [6.45, 7) is 3.48. The lowest BCUT2D eigenvalue weighted by Crippen LogP contribution is -2.54. The smallest absolute Gasteiger partial charge is 0.303 e. The lowest BCUT2D eigenvalue weighted by Gasteiger charge is -2.45. The molecule has 2 unspecified atom stereocenters. The summed E-state index contributed by atoms with van der Waals surface area (Å²) in [5, 5.41) is 12.8. The fourth-order valence-electron chi connectivity index (χ4n) is 4.52. The number of carboxylic acid groups (broad SMARTS) is 1.